The molecule has 0 aromatic heterocycles. The van der Waals surface area contributed by atoms with E-state index in [1.54, 1.807) is 0 Å². The van der Waals surface area contributed by atoms with Crippen LogP contribution in [-0.4, -0.2) is 31.2 Å². The molecule has 0 amide bonds. The molecule has 0 radical (unpaired) electrons. The largest absolute Gasteiger partial charge is 0.378 e. The number of allylic oxidation sites excluding steroid dienone is 1. The fourth-order valence-corrected chi connectivity index (χ4v) is 2.27. The summed E-state index contributed by atoms with van der Waals surface area (Å²) in [6.07, 6.45) is 4.45. The lowest BCUT2D eigenvalue weighted by atomic mass is 10.1. The molecule has 1 saturated heterocycles. The molecular formula is C16H20N2O. The number of hydrogen-bond acceptors (Lipinski definition) is 3. The maximum Gasteiger partial charge on any atom is 0.0991 e. The van der Waals surface area contributed by atoms with E-state index in [2.05, 4.69) is 24.0 Å². The van der Waals surface area contributed by atoms with Gasteiger partial charge in [-0.05, 0) is 30.2 Å². The smallest absolute Gasteiger partial charge is 0.0991 e. The molecule has 0 atom stereocenters. The lowest BCUT2D eigenvalue weighted by molar-refractivity contribution is 0.0526. The van der Waals surface area contributed by atoms with Crippen molar-refractivity contribution in [2.75, 3.05) is 26.3 Å². The molecule has 19 heavy (non-hydrogen) atoms. The Bertz CT molecular complexity index is 465. The van der Waals surface area contributed by atoms with Gasteiger partial charge in [-0.1, -0.05) is 25.5 Å². The van der Waals surface area contributed by atoms with Gasteiger partial charge in [0.2, 0.25) is 0 Å². The molecule has 2 rings (SSSR count). The third kappa shape index (κ3) is 3.84. The highest BCUT2D eigenvalue weighted by atomic mass is 16.5. The van der Waals surface area contributed by atoms with Gasteiger partial charge in [0.25, 0.3) is 0 Å². The summed E-state index contributed by atoms with van der Waals surface area (Å²) in [6, 6.07) is 9.91. The summed E-state index contributed by atoms with van der Waals surface area (Å²) in [7, 11) is 0. The van der Waals surface area contributed by atoms with Gasteiger partial charge < -0.3 is 9.64 Å². The van der Waals surface area contributed by atoms with Gasteiger partial charge in [0, 0.05) is 18.8 Å². The van der Waals surface area contributed by atoms with Crippen molar-refractivity contribution < 1.29 is 4.74 Å². The van der Waals surface area contributed by atoms with Gasteiger partial charge >= 0.3 is 0 Å². The van der Waals surface area contributed by atoms with Crippen molar-refractivity contribution in [1.29, 1.82) is 5.26 Å². The quantitative estimate of drug-likeness (QED) is 0.830. The normalized spacial score (nSPS) is 16.2. The first-order valence-electron chi connectivity index (χ1n) is 6.87. The molecule has 0 bridgehead atoms. The minimum Gasteiger partial charge on any atom is -0.378 e. The highest BCUT2D eigenvalue weighted by Crippen LogP contribution is 2.18. The zero-order valence-corrected chi connectivity index (χ0v) is 11.4. The second kappa shape index (κ2) is 6.96. The van der Waals surface area contributed by atoms with E-state index >= 15 is 0 Å². The predicted molar refractivity (Wildman–Crippen MR) is 76.4 cm³/mol. The third-order valence-electron chi connectivity index (χ3n) is 3.30. The molecule has 100 valence electrons. The SMILES string of the molecule is CCC/C(=C\c1ccc(C#N)cc1)N1CCOCC1. The molecule has 1 aromatic carbocycles. The number of rotatable bonds is 4. The second-order valence-corrected chi connectivity index (χ2v) is 4.72. The van der Waals surface area contributed by atoms with Gasteiger partial charge in [0.05, 0.1) is 24.8 Å². The fourth-order valence-electron chi connectivity index (χ4n) is 2.27. The fraction of sp³-hybridized carbons (Fsp3) is 0.438. The summed E-state index contributed by atoms with van der Waals surface area (Å²) in [5.74, 6) is 0. The van der Waals surface area contributed by atoms with Gasteiger partial charge in [-0.25, -0.2) is 0 Å². The van der Waals surface area contributed by atoms with Gasteiger partial charge in [0.15, 0.2) is 0 Å². The zero-order chi connectivity index (χ0) is 13.5. The predicted octanol–water partition coefficient (Wildman–Crippen LogP) is 3.03. The number of benzene rings is 1. The minimum atomic E-state index is 0.709. The minimum absolute atomic E-state index is 0.709. The summed E-state index contributed by atoms with van der Waals surface area (Å²) >= 11 is 0. The molecular weight excluding hydrogens is 236 g/mol. The third-order valence-corrected chi connectivity index (χ3v) is 3.30. The van der Waals surface area contributed by atoms with Crippen LogP contribution in [0.1, 0.15) is 30.9 Å². The van der Waals surface area contributed by atoms with E-state index in [1.165, 1.54) is 5.70 Å². The number of nitrogens with zero attached hydrogens (tertiary/aromatic N) is 2. The maximum atomic E-state index is 8.81. The Labute approximate surface area is 115 Å². The highest BCUT2D eigenvalue weighted by Gasteiger charge is 2.12. The van der Waals surface area contributed by atoms with Crippen LogP contribution in [0, 0.1) is 11.3 Å². The maximum absolute atomic E-state index is 8.81. The summed E-state index contributed by atoms with van der Waals surface area (Å²) in [6.45, 7) is 5.78. The molecule has 1 fully saturated rings. The Kier molecular flexibility index (Phi) is 5.00. The van der Waals surface area contributed by atoms with Gasteiger partial charge in [0.1, 0.15) is 0 Å². The molecule has 1 aromatic rings. The van der Waals surface area contributed by atoms with Crippen molar-refractivity contribution in [3.8, 4) is 6.07 Å². The van der Waals surface area contributed by atoms with Crippen LogP contribution in [0.4, 0.5) is 0 Å². The average molecular weight is 256 g/mol. The molecule has 1 heterocycles. The molecule has 0 saturated carbocycles. The number of nitriles is 1. The van der Waals surface area contributed by atoms with Crippen molar-refractivity contribution in [3.63, 3.8) is 0 Å². The Morgan fingerprint density at radius 2 is 2.00 bits per heavy atom. The van der Waals surface area contributed by atoms with E-state index in [4.69, 9.17) is 10.00 Å². The van der Waals surface area contributed by atoms with Crippen LogP contribution in [0.2, 0.25) is 0 Å². The topological polar surface area (TPSA) is 36.3 Å². The molecule has 3 nitrogen and oxygen atoms in total. The number of ether oxygens (including phenoxy) is 1. The Balaban J connectivity index is 2.16. The van der Waals surface area contributed by atoms with Crippen LogP contribution < -0.4 is 0 Å². The van der Waals surface area contributed by atoms with Crippen LogP contribution in [-0.2, 0) is 4.74 Å². The Morgan fingerprint density at radius 1 is 1.32 bits per heavy atom. The summed E-state index contributed by atoms with van der Waals surface area (Å²) < 4.78 is 5.40. The van der Waals surface area contributed by atoms with E-state index in [-0.39, 0.29) is 0 Å². The van der Waals surface area contributed by atoms with Gasteiger partial charge in [-0.3, -0.25) is 0 Å². The number of hydrogen-bond donors (Lipinski definition) is 0. The molecule has 0 spiro atoms. The first-order valence-corrected chi connectivity index (χ1v) is 6.87. The van der Waals surface area contributed by atoms with Crippen LogP contribution in [0.25, 0.3) is 6.08 Å². The van der Waals surface area contributed by atoms with E-state index < -0.39 is 0 Å². The van der Waals surface area contributed by atoms with E-state index in [9.17, 15) is 0 Å². The van der Waals surface area contributed by atoms with Crippen molar-refractivity contribution in [2.24, 2.45) is 0 Å². The summed E-state index contributed by atoms with van der Waals surface area (Å²) in [5.41, 5.74) is 3.24. The van der Waals surface area contributed by atoms with Gasteiger partial charge in [-0.15, -0.1) is 0 Å². The van der Waals surface area contributed by atoms with E-state index in [0.717, 1.165) is 44.7 Å². The zero-order valence-electron chi connectivity index (χ0n) is 11.4. The van der Waals surface area contributed by atoms with Crippen molar-refractivity contribution >= 4 is 6.08 Å². The van der Waals surface area contributed by atoms with Crippen LogP contribution in [0.5, 0.6) is 0 Å². The lowest BCUT2D eigenvalue weighted by Gasteiger charge is -2.31. The first kappa shape index (κ1) is 13.6. The number of morpholine rings is 1. The Morgan fingerprint density at radius 3 is 2.58 bits per heavy atom. The summed E-state index contributed by atoms with van der Waals surface area (Å²) in [5, 5.41) is 8.81. The average Bonchev–Trinajstić information content (AvgIpc) is 2.48. The lowest BCUT2D eigenvalue weighted by Crippen LogP contribution is -2.35. The van der Waals surface area contributed by atoms with Crippen LogP contribution >= 0.6 is 0 Å². The van der Waals surface area contributed by atoms with E-state index in [0.29, 0.717) is 5.56 Å². The monoisotopic (exact) mass is 256 g/mol. The second-order valence-electron chi connectivity index (χ2n) is 4.72. The molecule has 3 heteroatoms. The molecule has 0 N–H and O–H groups in total. The summed E-state index contributed by atoms with van der Waals surface area (Å²) in [4.78, 5) is 2.41. The van der Waals surface area contributed by atoms with Crippen LogP contribution in [0.15, 0.2) is 30.0 Å². The standard InChI is InChI=1S/C16H20N2O/c1-2-3-16(18-8-10-19-11-9-18)12-14-4-6-15(13-17)7-5-14/h4-7,12H,2-3,8-11H2,1H3/b16-12+. The molecule has 1 aliphatic rings. The van der Waals surface area contributed by atoms with Crippen molar-refractivity contribution in [3.05, 3.63) is 41.1 Å². The Hall–Kier alpha value is -1.79. The van der Waals surface area contributed by atoms with Crippen LogP contribution in [0.3, 0.4) is 0 Å². The molecule has 0 unspecified atom stereocenters. The molecule has 0 aliphatic carbocycles. The van der Waals surface area contributed by atoms with E-state index in [1.807, 2.05) is 24.3 Å². The van der Waals surface area contributed by atoms with Gasteiger partial charge in [-0.2, -0.15) is 5.26 Å². The first-order chi connectivity index (χ1) is 9.33. The molecule has 1 aliphatic heterocycles. The highest BCUT2D eigenvalue weighted by molar-refractivity contribution is 5.53. The van der Waals surface area contributed by atoms with Crippen molar-refractivity contribution in [1.82, 2.24) is 4.90 Å². The van der Waals surface area contributed by atoms with Crippen molar-refractivity contribution in [2.45, 2.75) is 19.8 Å².